The highest BCUT2D eigenvalue weighted by molar-refractivity contribution is 7.17. The number of hydrogen-bond acceptors (Lipinski definition) is 5. The summed E-state index contributed by atoms with van der Waals surface area (Å²) in [5.74, 6) is -0.346. The Bertz CT molecular complexity index is 963. The molecule has 1 saturated heterocycles. The first kappa shape index (κ1) is 23.1. The molecule has 0 bridgehead atoms. The Hall–Kier alpha value is -2.61. The third-order valence-corrected chi connectivity index (χ3v) is 6.25. The fourth-order valence-corrected chi connectivity index (χ4v) is 4.82. The number of amides is 3. The molecule has 0 spiro atoms. The maximum Gasteiger partial charge on any atom is 0.408 e. The number of hydrogen-bond donors (Lipinski definition) is 1. The van der Waals surface area contributed by atoms with Crippen molar-refractivity contribution >= 4 is 39.3 Å². The van der Waals surface area contributed by atoms with Gasteiger partial charge in [0.1, 0.15) is 17.7 Å². The normalized spacial score (nSPS) is 17.5. The van der Waals surface area contributed by atoms with Crippen LogP contribution in [0.4, 0.5) is 4.79 Å². The van der Waals surface area contributed by atoms with Gasteiger partial charge in [0.05, 0.1) is 0 Å². The van der Waals surface area contributed by atoms with Crippen LogP contribution in [0.2, 0.25) is 0 Å². The predicted octanol–water partition coefficient (Wildman–Crippen LogP) is 3.42. The van der Waals surface area contributed by atoms with Crippen molar-refractivity contribution in [3.05, 3.63) is 35.2 Å². The van der Waals surface area contributed by atoms with Gasteiger partial charge in [0, 0.05) is 31.8 Å². The van der Waals surface area contributed by atoms with Crippen molar-refractivity contribution < 1.29 is 19.1 Å². The van der Waals surface area contributed by atoms with E-state index in [2.05, 4.69) is 5.32 Å². The van der Waals surface area contributed by atoms with E-state index in [0.717, 1.165) is 22.1 Å². The first-order valence-corrected chi connectivity index (χ1v) is 11.4. The Balaban J connectivity index is 1.86. The van der Waals surface area contributed by atoms with Crippen LogP contribution >= 0.6 is 11.3 Å². The Morgan fingerprint density at radius 1 is 1.26 bits per heavy atom. The summed E-state index contributed by atoms with van der Waals surface area (Å²) in [5, 5.41) is 5.86. The van der Waals surface area contributed by atoms with E-state index in [1.54, 1.807) is 51.1 Å². The monoisotopic (exact) mass is 445 g/mol. The molecule has 2 aromatic rings. The number of alkyl carbamates (subject to hydrolysis) is 1. The molecule has 1 aromatic carbocycles. The fraction of sp³-hybridized carbons (Fsp3) is 0.522. The lowest BCUT2D eigenvalue weighted by Crippen LogP contribution is -2.54. The lowest BCUT2D eigenvalue weighted by atomic mass is 10.0. The minimum Gasteiger partial charge on any atom is -0.444 e. The topological polar surface area (TPSA) is 79.0 Å². The molecule has 1 aliphatic heterocycles. The number of nitrogens with zero attached hydrogens (tertiary/aromatic N) is 2. The molecule has 1 aromatic heterocycles. The summed E-state index contributed by atoms with van der Waals surface area (Å²) in [6.07, 6.45) is 1.08. The van der Waals surface area contributed by atoms with Crippen molar-refractivity contribution in [3.8, 4) is 0 Å². The van der Waals surface area contributed by atoms with Gasteiger partial charge in [-0.25, -0.2) is 4.79 Å². The second-order valence-corrected chi connectivity index (χ2v) is 9.99. The van der Waals surface area contributed by atoms with Crippen molar-refractivity contribution in [3.63, 3.8) is 0 Å². The van der Waals surface area contributed by atoms with Crippen LogP contribution < -0.4 is 5.32 Å². The maximum atomic E-state index is 13.5. The van der Waals surface area contributed by atoms with Crippen LogP contribution in [0.15, 0.2) is 29.6 Å². The van der Waals surface area contributed by atoms with Gasteiger partial charge in [-0.15, -0.1) is 11.3 Å². The van der Waals surface area contributed by atoms with E-state index < -0.39 is 23.8 Å². The van der Waals surface area contributed by atoms with E-state index in [1.807, 2.05) is 29.6 Å². The van der Waals surface area contributed by atoms with Crippen LogP contribution in [0.3, 0.4) is 0 Å². The quantitative estimate of drug-likeness (QED) is 0.765. The Kier molecular flexibility index (Phi) is 6.89. The summed E-state index contributed by atoms with van der Waals surface area (Å²) >= 11 is 1.61. The number of likely N-dealkylation sites (N-methyl/N-ethyl adjacent to an activating group) is 1. The van der Waals surface area contributed by atoms with E-state index in [4.69, 9.17) is 4.74 Å². The number of thiophene rings is 1. The van der Waals surface area contributed by atoms with Gasteiger partial charge in [0.2, 0.25) is 11.8 Å². The lowest BCUT2D eigenvalue weighted by Gasteiger charge is -2.30. The molecule has 2 atom stereocenters. The van der Waals surface area contributed by atoms with Crippen LogP contribution in [0.5, 0.6) is 0 Å². The molecule has 1 aliphatic rings. The molecule has 168 valence electrons. The second-order valence-electron chi connectivity index (χ2n) is 9.08. The maximum absolute atomic E-state index is 13.5. The molecular formula is C23H31N3O4S. The summed E-state index contributed by atoms with van der Waals surface area (Å²) in [5.41, 5.74) is 0.314. The van der Waals surface area contributed by atoms with E-state index in [-0.39, 0.29) is 11.8 Å². The van der Waals surface area contributed by atoms with Crippen molar-refractivity contribution in [1.29, 1.82) is 0 Å². The summed E-state index contributed by atoms with van der Waals surface area (Å²) in [4.78, 5) is 41.8. The number of benzene rings is 1. The molecule has 8 heteroatoms. The summed E-state index contributed by atoms with van der Waals surface area (Å²) in [6.45, 7) is 5.84. The van der Waals surface area contributed by atoms with E-state index in [9.17, 15) is 14.4 Å². The van der Waals surface area contributed by atoms with Crippen molar-refractivity contribution in [2.45, 2.75) is 57.7 Å². The van der Waals surface area contributed by atoms with Crippen LogP contribution in [0, 0.1) is 0 Å². The first-order valence-electron chi connectivity index (χ1n) is 10.5. The molecule has 1 N–H and O–H groups in total. The standard InChI is InChI=1S/C23H31N3O4S/c1-23(2,3)30-22(29)24-17(13-15-14-31-19-11-7-6-9-16(15)19)20(27)26-12-8-10-18(26)21(28)25(4)5/h6-7,9,11,14,17-18H,8,10,12-13H2,1-5H3,(H,24,29)/t17-,18-/m0/s1. The molecule has 2 heterocycles. The smallest absolute Gasteiger partial charge is 0.408 e. The number of fused-ring (bicyclic) bond motifs is 1. The number of carbonyl (C=O) groups is 3. The fourth-order valence-electron chi connectivity index (χ4n) is 3.85. The molecule has 0 radical (unpaired) electrons. The molecule has 1 fully saturated rings. The summed E-state index contributed by atoms with van der Waals surface area (Å²) in [6, 6.07) is 6.68. The minimum absolute atomic E-state index is 0.0946. The zero-order chi connectivity index (χ0) is 22.8. The SMILES string of the molecule is CN(C)C(=O)[C@@H]1CCCN1C(=O)[C@H](Cc1csc2ccccc12)NC(=O)OC(C)(C)C. The average molecular weight is 446 g/mol. The van der Waals surface area contributed by atoms with Crippen molar-refractivity contribution in [2.24, 2.45) is 0 Å². The number of nitrogens with one attached hydrogen (secondary N) is 1. The molecular weight excluding hydrogens is 414 g/mol. The molecule has 3 rings (SSSR count). The van der Waals surface area contributed by atoms with Crippen LogP contribution in [-0.4, -0.2) is 66.0 Å². The minimum atomic E-state index is -0.816. The molecule has 0 saturated carbocycles. The molecule has 0 unspecified atom stereocenters. The second kappa shape index (κ2) is 9.26. The molecule has 31 heavy (non-hydrogen) atoms. The zero-order valence-electron chi connectivity index (χ0n) is 18.8. The third-order valence-electron chi connectivity index (χ3n) is 5.24. The average Bonchev–Trinajstić information content (AvgIpc) is 3.32. The number of ether oxygens (including phenoxy) is 1. The van der Waals surface area contributed by atoms with Gasteiger partial charge in [0.25, 0.3) is 0 Å². The largest absolute Gasteiger partial charge is 0.444 e. The van der Waals surface area contributed by atoms with Gasteiger partial charge >= 0.3 is 6.09 Å². The summed E-state index contributed by atoms with van der Waals surface area (Å²) < 4.78 is 6.53. The van der Waals surface area contributed by atoms with Crippen LogP contribution in [-0.2, 0) is 20.7 Å². The molecule has 3 amide bonds. The van der Waals surface area contributed by atoms with Crippen LogP contribution in [0.1, 0.15) is 39.2 Å². The van der Waals surface area contributed by atoms with E-state index in [1.165, 1.54) is 4.90 Å². The van der Waals surface area contributed by atoms with Gasteiger partial charge in [-0.2, -0.15) is 0 Å². The van der Waals surface area contributed by atoms with Gasteiger partial charge < -0.3 is 19.9 Å². The van der Waals surface area contributed by atoms with Gasteiger partial charge in [0.15, 0.2) is 0 Å². The molecule has 7 nitrogen and oxygen atoms in total. The van der Waals surface area contributed by atoms with Crippen molar-refractivity contribution in [1.82, 2.24) is 15.1 Å². The van der Waals surface area contributed by atoms with Crippen molar-refractivity contribution in [2.75, 3.05) is 20.6 Å². The highest BCUT2D eigenvalue weighted by Gasteiger charge is 2.39. The predicted molar refractivity (Wildman–Crippen MR) is 122 cm³/mol. The van der Waals surface area contributed by atoms with E-state index in [0.29, 0.717) is 19.4 Å². The van der Waals surface area contributed by atoms with E-state index >= 15 is 0 Å². The Morgan fingerprint density at radius 2 is 1.97 bits per heavy atom. The Morgan fingerprint density at radius 3 is 2.65 bits per heavy atom. The number of likely N-dealkylation sites (tertiary alicyclic amines) is 1. The number of rotatable bonds is 5. The zero-order valence-corrected chi connectivity index (χ0v) is 19.6. The van der Waals surface area contributed by atoms with Gasteiger partial charge in [-0.3, -0.25) is 9.59 Å². The first-order chi connectivity index (χ1) is 14.6. The molecule has 0 aliphatic carbocycles. The highest BCUT2D eigenvalue weighted by atomic mass is 32.1. The van der Waals surface area contributed by atoms with Gasteiger partial charge in [-0.05, 0) is 56.0 Å². The number of carbonyl (C=O) groups excluding carboxylic acids is 3. The highest BCUT2D eigenvalue weighted by Crippen LogP contribution is 2.28. The summed E-state index contributed by atoms with van der Waals surface area (Å²) in [7, 11) is 3.38. The third kappa shape index (κ3) is 5.55. The Labute approximate surface area is 187 Å². The lowest BCUT2D eigenvalue weighted by molar-refractivity contribution is -0.143. The van der Waals surface area contributed by atoms with Gasteiger partial charge in [-0.1, -0.05) is 18.2 Å². The van der Waals surface area contributed by atoms with Crippen LogP contribution in [0.25, 0.3) is 10.1 Å².